The highest BCUT2D eigenvalue weighted by Gasteiger charge is 2.16. The second-order valence-electron chi connectivity index (χ2n) is 6.34. The number of para-hydroxylation sites is 3. The molecule has 0 aliphatic carbocycles. The SMILES string of the molecule is Cc1ccccc1-c1ccccc1N(c1ccccc1)c1ccccc1. The number of benzene rings is 4. The van der Waals surface area contributed by atoms with Crippen molar-refractivity contribution in [1.29, 1.82) is 0 Å². The van der Waals surface area contributed by atoms with Crippen molar-refractivity contribution in [3.8, 4) is 11.1 Å². The molecule has 0 aliphatic heterocycles. The Hall–Kier alpha value is -3.32. The van der Waals surface area contributed by atoms with E-state index in [-0.39, 0.29) is 0 Å². The van der Waals surface area contributed by atoms with Crippen molar-refractivity contribution in [3.05, 3.63) is 115 Å². The molecular weight excluding hydrogens is 314 g/mol. The maximum absolute atomic E-state index is 2.32. The zero-order chi connectivity index (χ0) is 17.8. The zero-order valence-electron chi connectivity index (χ0n) is 14.8. The van der Waals surface area contributed by atoms with Gasteiger partial charge in [0, 0.05) is 16.9 Å². The average Bonchev–Trinajstić information content (AvgIpc) is 2.71. The van der Waals surface area contributed by atoms with Gasteiger partial charge >= 0.3 is 0 Å². The smallest absolute Gasteiger partial charge is 0.0540 e. The summed E-state index contributed by atoms with van der Waals surface area (Å²) in [5.41, 5.74) is 7.26. The summed E-state index contributed by atoms with van der Waals surface area (Å²) in [6.45, 7) is 2.17. The average molecular weight is 335 g/mol. The summed E-state index contributed by atoms with van der Waals surface area (Å²) >= 11 is 0. The molecule has 0 heterocycles. The van der Waals surface area contributed by atoms with E-state index >= 15 is 0 Å². The Morgan fingerprint density at radius 3 is 1.50 bits per heavy atom. The van der Waals surface area contributed by atoms with Crippen LogP contribution >= 0.6 is 0 Å². The Bertz CT molecular complexity index is 951. The fraction of sp³-hybridized carbons (Fsp3) is 0.0400. The molecule has 4 aromatic rings. The highest BCUT2D eigenvalue weighted by Crippen LogP contribution is 2.40. The van der Waals surface area contributed by atoms with Crippen LogP contribution in [0.5, 0.6) is 0 Å². The molecular formula is C25H21N. The van der Waals surface area contributed by atoms with E-state index in [1.807, 2.05) is 0 Å². The van der Waals surface area contributed by atoms with Crippen molar-refractivity contribution in [1.82, 2.24) is 0 Å². The molecule has 0 amide bonds. The molecule has 1 heteroatoms. The van der Waals surface area contributed by atoms with Crippen LogP contribution in [-0.4, -0.2) is 0 Å². The van der Waals surface area contributed by atoms with Gasteiger partial charge < -0.3 is 4.90 Å². The molecule has 26 heavy (non-hydrogen) atoms. The van der Waals surface area contributed by atoms with Crippen LogP contribution in [0.1, 0.15) is 5.56 Å². The normalized spacial score (nSPS) is 10.5. The molecule has 0 spiro atoms. The van der Waals surface area contributed by atoms with Gasteiger partial charge in [-0.05, 0) is 48.4 Å². The second-order valence-corrected chi connectivity index (χ2v) is 6.34. The van der Waals surface area contributed by atoms with Crippen LogP contribution in [0, 0.1) is 6.92 Å². The molecule has 0 saturated heterocycles. The summed E-state index contributed by atoms with van der Waals surface area (Å²) in [6, 6.07) is 38.2. The quantitative estimate of drug-likeness (QED) is 0.383. The molecule has 0 N–H and O–H groups in total. The Balaban J connectivity index is 1.95. The lowest BCUT2D eigenvalue weighted by Crippen LogP contribution is -2.11. The summed E-state index contributed by atoms with van der Waals surface area (Å²) in [7, 11) is 0. The molecule has 4 aromatic carbocycles. The maximum Gasteiger partial charge on any atom is 0.0540 e. The van der Waals surface area contributed by atoms with Crippen molar-refractivity contribution in [2.75, 3.05) is 4.90 Å². The van der Waals surface area contributed by atoms with E-state index in [2.05, 4.69) is 121 Å². The van der Waals surface area contributed by atoms with Gasteiger partial charge in [0.1, 0.15) is 0 Å². The standard InChI is InChI=1S/C25H21N/c1-20-12-8-9-17-23(20)24-18-10-11-19-25(24)26(21-13-4-2-5-14-21)22-15-6-3-7-16-22/h2-19H,1H3. The molecule has 1 nitrogen and oxygen atoms in total. The third kappa shape index (κ3) is 3.12. The van der Waals surface area contributed by atoms with E-state index in [1.165, 1.54) is 22.4 Å². The number of hydrogen-bond donors (Lipinski definition) is 0. The van der Waals surface area contributed by atoms with Crippen LogP contribution in [0.2, 0.25) is 0 Å². The van der Waals surface area contributed by atoms with Crippen LogP contribution in [0.25, 0.3) is 11.1 Å². The Labute approximate surface area is 155 Å². The molecule has 4 rings (SSSR count). The van der Waals surface area contributed by atoms with Crippen LogP contribution in [0.15, 0.2) is 109 Å². The molecule has 126 valence electrons. The predicted molar refractivity (Wildman–Crippen MR) is 111 cm³/mol. The Morgan fingerprint density at radius 1 is 0.462 bits per heavy atom. The summed E-state index contributed by atoms with van der Waals surface area (Å²) in [5, 5.41) is 0. The van der Waals surface area contributed by atoms with Crippen molar-refractivity contribution in [2.24, 2.45) is 0 Å². The number of rotatable bonds is 4. The molecule has 0 aliphatic rings. The number of hydrogen-bond acceptors (Lipinski definition) is 1. The van der Waals surface area contributed by atoms with Crippen LogP contribution in [-0.2, 0) is 0 Å². The molecule has 0 radical (unpaired) electrons. The lowest BCUT2D eigenvalue weighted by Gasteiger charge is -2.28. The summed E-state index contributed by atoms with van der Waals surface area (Å²) in [6.07, 6.45) is 0. The first kappa shape index (κ1) is 16.2. The molecule has 0 unspecified atom stereocenters. The van der Waals surface area contributed by atoms with Crippen molar-refractivity contribution in [3.63, 3.8) is 0 Å². The van der Waals surface area contributed by atoms with Gasteiger partial charge in [0.2, 0.25) is 0 Å². The molecule has 0 bridgehead atoms. The van der Waals surface area contributed by atoms with Gasteiger partial charge in [0.15, 0.2) is 0 Å². The van der Waals surface area contributed by atoms with Gasteiger partial charge in [-0.2, -0.15) is 0 Å². The van der Waals surface area contributed by atoms with E-state index in [0.29, 0.717) is 0 Å². The van der Waals surface area contributed by atoms with Crippen molar-refractivity contribution in [2.45, 2.75) is 6.92 Å². The van der Waals surface area contributed by atoms with Gasteiger partial charge in [-0.25, -0.2) is 0 Å². The van der Waals surface area contributed by atoms with E-state index in [4.69, 9.17) is 0 Å². The van der Waals surface area contributed by atoms with Gasteiger partial charge in [0.25, 0.3) is 0 Å². The van der Waals surface area contributed by atoms with E-state index in [0.717, 1.165) is 11.4 Å². The van der Waals surface area contributed by atoms with Crippen LogP contribution in [0.4, 0.5) is 17.1 Å². The monoisotopic (exact) mass is 335 g/mol. The third-order valence-corrected chi connectivity index (χ3v) is 4.61. The highest BCUT2D eigenvalue weighted by atomic mass is 15.1. The largest absolute Gasteiger partial charge is 0.310 e. The number of nitrogens with zero attached hydrogens (tertiary/aromatic N) is 1. The first-order valence-electron chi connectivity index (χ1n) is 8.90. The van der Waals surface area contributed by atoms with Crippen LogP contribution < -0.4 is 4.90 Å². The van der Waals surface area contributed by atoms with Crippen molar-refractivity contribution < 1.29 is 0 Å². The molecule has 0 fully saturated rings. The topological polar surface area (TPSA) is 3.24 Å². The van der Waals surface area contributed by atoms with Gasteiger partial charge in [-0.15, -0.1) is 0 Å². The molecule has 0 saturated carbocycles. The zero-order valence-corrected chi connectivity index (χ0v) is 14.8. The maximum atomic E-state index is 2.32. The lowest BCUT2D eigenvalue weighted by molar-refractivity contribution is 1.28. The van der Waals surface area contributed by atoms with Gasteiger partial charge in [0.05, 0.1) is 5.69 Å². The van der Waals surface area contributed by atoms with Gasteiger partial charge in [-0.3, -0.25) is 0 Å². The fourth-order valence-corrected chi connectivity index (χ4v) is 3.35. The summed E-state index contributed by atoms with van der Waals surface area (Å²) in [4.78, 5) is 2.32. The first-order valence-corrected chi connectivity index (χ1v) is 8.90. The van der Waals surface area contributed by atoms with E-state index < -0.39 is 0 Å². The predicted octanol–water partition coefficient (Wildman–Crippen LogP) is 7.13. The first-order chi connectivity index (χ1) is 12.8. The highest BCUT2D eigenvalue weighted by molar-refractivity contribution is 5.88. The minimum Gasteiger partial charge on any atom is -0.310 e. The minimum atomic E-state index is 1.15. The molecule has 0 aromatic heterocycles. The Morgan fingerprint density at radius 2 is 0.923 bits per heavy atom. The summed E-state index contributed by atoms with van der Waals surface area (Å²) in [5.74, 6) is 0. The van der Waals surface area contributed by atoms with Crippen molar-refractivity contribution >= 4 is 17.1 Å². The van der Waals surface area contributed by atoms with E-state index in [1.54, 1.807) is 0 Å². The minimum absolute atomic E-state index is 1.15. The lowest BCUT2D eigenvalue weighted by atomic mass is 9.98. The summed E-state index contributed by atoms with van der Waals surface area (Å²) < 4.78 is 0. The molecule has 0 atom stereocenters. The fourth-order valence-electron chi connectivity index (χ4n) is 3.35. The number of anilines is 3. The van der Waals surface area contributed by atoms with Gasteiger partial charge in [-0.1, -0.05) is 78.9 Å². The second kappa shape index (κ2) is 7.28. The van der Waals surface area contributed by atoms with Crippen LogP contribution in [0.3, 0.4) is 0 Å². The number of aryl methyl sites for hydroxylation is 1. The van der Waals surface area contributed by atoms with E-state index in [9.17, 15) is 0 Å². The Kier molecular flexibility index (Phi) is 4.53. The third-order valence-electron chi connectivity index (χ3n) is 4.61.